The highest BCUT2D eigenvalue weighted by atomic mass is 35.5. The summed E-state index contributed by atoms with van der Waals surface area (Å²) >= 11 is 5.86. The van der Waals surface area contributed by atoms with Crippen LogP contribution in [0.5, 0.6) is 0 Å². The van der Waals surface area contributed by atoms with E-state index in [1.807, 2.05) is 0 Å². The normalized spacial score (nSPS) is 11.5. The topological polar surface area (TPSA) is 63.2 Å². The molecule has 17 heavy (non-hydrogen) atoms. The SMILES string of the molecule is CCNS(=O)(=O)c1ccc(Cl)c(C(=O)CC)c1. The Bertz CT molecular complexity index is 526. The van der Waals surface area contributed by atoms with Crippen molar-refractivity contribution in [2.24, 2.45) is 0 Å². The molecule has 0 unspecified atom stereocenters. The van der Waals surface area contributed by atoms with Gasteiger partial charge in [-0.1, -0.05) is 25.4 Å². The number of Topliss-reactive ketones (excluding diaryl/α,β-unsaturated/α-hetero) is 1. The molecule has 1 rings (SSSR count). The highest BCUT2D eigenvalue weighted by Gasteiger charge is 2.16. The van der Waals surface area contributed by atoms with Crippen molar-refractivity contribution < 1.29 is 13.2 Å². The molecule has 0 bridgehead atoms. The fourth-order valence-electron chi connectivity index (χ4n) is 1.35. The van der Waals surface area contributed by atoms with Crippen LogP contribution in [0, 0.1) is 0 Å². The van der Waals surface area contributed by atoms with E-state index in [4.69, 9.17) is 11.6 Å². The number of halogens is 1. The maximum atomic E-state index is 11.7. The van der Waals surface area contributed by atoms with Gasteiger partial charge in [0.25, 0.3) is 0 Å². The Morgan fingerprint density at radius 2 is 2.00 bits per heavy atom. The second-order valence-electron chi connectivity index (χ2n) is 3.42. The summed E-state index contributed by atoms with van der Waals surface area (Å²) in [5.41, 5.74) is 0.244. The summed E-state index contributed by atoms with van der Waals surface area (Å²) in [7, 11) is -3.55. The third-order valence-electron chi connectivity index (χ3n) is 2.20. The van der Waals surface area contributed by atoms with Crippen molar-refractivity contribution in [1.82, 2.24) is 4.72 Å². The lowest BCUT2D eigenvalue weighted by molar-refractivity contribution is 0.0988. The number of hydrogen-bond donors (Lipinski definition) is 1. The summed E-state index contributed by atoms with van der Waals surface area (Å²) in [5, 5.41) is 0.271. The van der Waals surface area contributed by atoms with Gasteiger partial charge < -0.3 is 0 Å². The first-order valence-corrected chi connectivity index (χ1v) is 7.11. The third kappa shape index (κ3) is 3.28. The van der Waals surface area contributed by atoms with E-state index in [9.17, 15) is 13.2 Å². The highest BCUT2D eigenvalue weighted by Crippen LogP contribution is 2.21. The molecule has 6 heteroatoms. The van der Waals surface area contributed by atoms with Crippen molar-refractivity contribution in [3.63, 3.8) is 0 Å². The van der Waals surface area contributed by atoms with Gasteiger partial charge in [-0.2, -0.15) is 0 Å². The molecule has 0 radical (unpaired) electrons. The molecule has 0 aliphatic carbocycles. The minimum atomic E-state index is -3.55. The van der Waals surface area contributed by atoms with Gasteiger partial charge in [-0.3, -0.25) is 4.79 Å². The first-order valence-electron chi connectivity index (χ1n) is 5.24. The Balaban J connectivity index is 3.26. The van der Waals surface area contributed by atoms with Gasteiger partial charge in [0.2, 0.25) is 10.0 Å². The number of carbonyl (C=O) groups is 1. The number of rotatable bonds is 5. The average molecular weight is 276 g/mol. The Morgan fingerprint density at radius 3 is 2.53 bits per heavy atom. The second kappa shape index (κ2) is 5.62. The van der Waals surface area contributed by atoms with Gasteiger partial charge in [-0.25, -0.2) is 13.1 Å². The number of nitrogens with one attached hydrogen (secondary N) is 1. The lowest BCUT2D eigenvalue weighted by Crippen LogP contribution is -2.23. The summed E-state index contributed by atoms with van der Waals surface area (Å²) < 4.78 is 25.8. The van der Waals surface area contributed by atoms with Crippen LogP contribution in [0.3, 0.4) is 0 Å². The Labute approximate surface area is 106 Å². The van der Waals surface area contributed by atoms with Crippen LogP contribution in [0.2, 0.25) is 5.02 Å². The van der Waals surface area contributed by atoms with Crippen LogP contribution in [0.1, 0.15) is 30.6 Å². The summed E-state index contributed by atoms with van der Waals surface area (Å²) in [5.74, 6) is -0.177. The number of carbonyl (C=O) groups excluding carboxylic acids is 1. The minimum absolute atomic E-state index is 0.0561. The van der Waals surface area contributed by atoms with E-state index in [-0.39, 0.29) is 27.7 Å². The predicted molar refractivity (Wildman–Crippen MR) is 66.9 cm³/mol. The monoisotopic (exact) mass is 275 g/mol. The zero-order chi connectivity index (χ0) is 13.1. The van der Waals surface area contributed by atoms with Crippen LogP contribution in [-0.4, -0.2) is 20.7 Å². The molecule has 1 aromatic rings. The Hall–Kier alpha value is -0.910. The zero-order valence-electron chi connectivity index (χ0n) is 9.66. The van der Waals surface area contributed by atoms with E-state index < -0.39 is 10.0 Å². The van der Waals surface area contributed by atoms with Crippen molar-refractivity contribution in [1.29, 1.82) is 0 Å². The molecule has 0 aromatic heterocycles. The quantitative estimate of drug-likeness (QED) is 0.838. The fourth-order valence-corrected chi connectivity index (χ4v) is 2.64. The smallest absolute Gasteiger partial charge is 0.240 e. The molecule has 0 fully saturated rings. The molecule has 0 aliphatic heterocycles. The van der Waals surface area contributed by atoms with Crippen molar-refractivity contribution in [2.45, 2.75) is 25.2 Å². The van der Waals surface area contributed by atoms with Crippen LogP contribution in [0.25, 0.3) is 0 Å². The lowest BCUT2D eigenvalue weighted by atomic mass is 10.1. The molecule has 0 saturated heterocycles. The van der Waals surface area contributed by atoms with E-state index >= 15 is 0 Å². The largest absolute Gasteiger partial charge is 0.294 e. The maximum Gasteiger partial charge on any atom is 0.240 e. The summed E-state index contributed by atoms with van der Waals surface area (Å²) in [6.45, 7) is 3.68. The lowest BCUT2D eigenvalue weighted by Gasteiger charge is -2.07. The van der Waals surface area contributed by atoms with Gasteiger partial charge in [0.1, 0.15) is 0 Å². The van der Waals surface area contributed by atoms with Gasteiger partial charge in [0.05, 0.1) is 9.92 Å². The van der Waals surface area contributed by atoms with Gasteiger partial charge in [0, 0.05) is 18.5 Å². The fraction of sp³-hybridized carbons (Fsp3) is 0.364. The number of benzene rings is 1. The van der Waals surface area contributed by atoms with Crippen LogP contribution in [-0.2, 0) is 10.0 Å². The van der Waals surface area contributed by atoms with Gasteiger partial charge >= 0.3 is 0 Å². The molecule has 0 heterocycles. The standard InChI is InChI=1S/C11H14ClNO3S/c1-3-11(14)9-7-8(5-6-10(9)12)17(15,16)13-4-2/h5-7,13H,3-4H2,1-2H3. The molecule has 0 atom stereocenters. The number of ketones is 1. The van der Waals surface area contributed by atoms with Gasteiger partial charge in [-0.15, -0.1) is 0 Å². The summed E-state index contributed by atoms with van der Waals surface area (Å²) in [6.07, 6.45) is 0.282. The molecule has 0 amide bonds. The molecule has 1 N–H and O–H groups in total. The molecule has 0 saturated carbocycles. The molecule has 0 spiro atoms. The van der Waals surface area contributed by atoms with E-state index in [0.717, 1.165) is 0 Å². The van der Waals surface area contributed by atoms with Gasteiger partial charge in [-0.05, 0) is 18.2 Å². The van der Waals surface area contributed by atoms with E-state index in [2.05, 4.69) is 4.72 Å². The Morgan fingerprint density at radius 1 is 1.35 bits per heavy atom. The van der Waals surface area contributed by atoms with Crippen molar-refractivity contribution in [3.8, 4) is 0 Å². The zero-order valence-corrected chi connectivity index (χ0v) is 11.2. The van der Waals surface area contributed by atoms with E-state index in [0.29, 0.717) is 6.54 Å². The van der Waals surface area contributed by atoms with Gasteiger partial charge in [0.15, 0.2) is 5.78 Å². The highest BCUT2D eigenvalue weighted by molar-refractivity contribution is 7.89. The molecular weight excluding hydrogens is 262 g/mol. The summed E-state index contributed by atoms with van der Waals surface area (Å²) in [4.78, 5) is 11.6. The molecular formula is C11H14ClNO3S. The summed E-state index contributed by atoms with van der Waals surface area (Å²) in [6, 6.07) is 4.12. The molecule has 94 valence electrons. The molecule has 1 aromatic carbocycles. The minimum Gasteiger partial charge on any atom is -0.294 e. The van der Waals surface area contributed by atoms with Crippen LogP contribution >= 0.6 is 11.6 Å². The van der Waals surface area contributed by atoms with E-state index in [1.165, 1.54) is 18.2 Å². The number of sulfonamides is 1. The predicted octanol–water partition coefficient (Wildman–Crippen LogP) is 2.23. The van der Waals surface area contributed by atoms with Crippen molar-refractivity contribution in [2.75, 3.05) is 6.54 Å². The third-order valence-corrected chi connectivity index (χ3v) is 4.08. The van der Waals surface area contributed by atoms with Crippen LogP contribution in [0.15, 0.2) is 23.1 Å². The first-order chi connectivity index (χ1) is 7.92. The average Bonchev–Trinajstić information content (AvgIpc) is 2.28. The maximum absolute atomic E-state index is 11.7. The van der Waals surface area contributed by atoms with E-state index in [1.54, 1.807) is 13.8 Å². The van der Waals surface area contributed by atoms with Crippen LogP contribution in [0.4, 0.5) is 0 Å². The van der Waals surface area contributed by atoms with Crippen molar-refractivity contribution in [3.05, 3.63) is 28.8 Å². The molecule has 0 aliphatic rings. The van der Waals surface area contributed by atoms with Crippen LogP contribution < -0.4 is 4.72 Å². The Kier molecular flexibility index (Phi) is 4.68. The second-order valence-corrected chi connectivity index (χ2v) is 5.59. The first kappa shape index (κ1) is 14.2. The van der Waals surface area contributed by atoms with Crippen molar-refractivity contribution >= 4 is 27.4 Å². The number of hydrogen-bond acceptors (Lipinski definition) is 3. The molecule has 4 nitrogen and oxygen atoms in total.